The van der Waals surface area contributed by atoms with Gasteiger partial charge >= 0.3 is 0 Å². The van der Waals surface area contributed by atoms with Crippen LogP contribution >= 0.6 is 12.4 Å². The van der Waals surface area contributed by atoms with Crippen LogP contribution < -0.4 is 5.32 Å². The highest BCUT2D eigenvalue weighted by Gasteiger charge is 2.15. The summed E-state index contributed by atoms with van der Waals surface area (Å²) in [4.78, 5) is 0. The Bertz CT molecular complexity index is 272. The van der Waals surface area contributed by atoms with Crippen molar-refractivity contribution in [2.45, 2.75) is 25.5 Å². The highest BCUT2D eigenvalue weighted by molar-refractivity contribution is 5.85. The minimum atomic E-state index is -0.0276. The molecule has 0 radical (unpaired) electrons. The molecule has 2 heterocycles. The topological polar surface area (TPSA) is 63.0 Å². The van der Waals surface area contributed by atoms with Crippen LogP contribution in [0.5, 0.6) is 0 Å². The summed E-state index contributed by atoms with van der Waals surface area (Å²) in [6, 6.07) is 0.404. The summed E-state index contributed by atoms with van der Waals surface area (Å²) in [5, 5.41) is 19.9. The Labute approximate surface area is 88.9 Å². The molecule has 14 heavy (non-hydrogen) atoms. The van der Waals surface area contributed by atoms with Gasteiger partial charge in [-0.25, -0.2) is 4.68 Å². The van der Waals surface area contributed by atoms with Crippen LogP contribution in [0, 0.1) is 0 Å². The van der Waals surface area contributed by atoms with Crippen molar-refractivity contribution in [2.24, 2.45) is 0 Å². The van der Waals surface area contributed by atoms with Crippen LogP contribution in [-0.4, -0.2) is 33.2 Å². The number of aliphatic hydroxyl groups is 1. The predicted octanol–water partition coefficient (Wildman–Crippen LogP) is 0.117. The molecule has 0 aliphatic carbocycles. The predicted molar refractivity (Wildman–Crippen MR) is 54.3 cm³/mol. The summed E-state index contributed by atoms with van der Waals surface area (Å²) in [5.41, 5.74) is 0.644. The molecule has 1 atom stereocenters. The first-order valence-corrected chi connectivity index (χ1v) is 4.62. The smallest absolute Gasteiger partial charge is 0.108 e. The molecule has 2 N–H and O–H groups in total. The van der Waals surface area contributed by atoms with Crippen molar-refractivity contribution >= 4 is 12.4 Å². The van der Waals surface area contributed by atoms with Gasteiger partial charge in [-0.05, 0) is 19.4 Å². The standard InChI is InChI=1S/C8H14N4O.ClH/c13-6-7-5-12(11-10-7)8-2-1-3-9-4-8;/h5,8-9,13H,1-4,6H2;1H. The minimum absolute atomic E-state index is 0. The first-order chi connectivity index (χ1) is 6.40. The van der Waals surface area contributed by atoms with E-state index in [9.17, 15) is 0 Å². The van der Waals surface area contributed by atoms with Crippen molar-refractivity contribution in [3.05, 3.63) is 11.9 Å². The van der Waals surface area contributed by atoms with Crippen molar-refractivity contribution in [2.75, 3.05) is 13.1 Å². The van der Waals surface area contributed by atoms with Gasteiger partial charge in [-0.3, -0.25) is 0 Å². The Morgan fingerprint density at radius 2 is 2.50 bits per heavy atom. The van der Waals surface area contributed by atoms with E-state index in [-0.39, 0.29) is 19.0 Å². The summed E-state index contributed by atoms with van der Waals surface area (Å²) in [5.74, 6) is 0. The van der Waals surface area contributed by atoms with E-state index in [1.54, 1.807) is 0 Å². The lowest BCUT2D eigenvalue weighted by Gasteiger charge is -2.22. The van der Waals surface area contributed by atoms with Gasteiger partial charge in [0.1, 0.15) is 5.69 Å². The molecule has 1 unspecified atom stereocenters. The van der Waals surface area contributed by atoms with E-state index in [0.29, 0.717) is 11.7 Å². The number of hydrogen-bond acceptors (Lipinski definition) is 4. The van der Waals surface area contributed by atoms with Crippen molar-refractivity contribution in [1.82, 2.24) is 20.3 Å². The molecule has 1 aliphatic heterocycles. The normalized spacial score (nSPS) is 21.6. The molecule has 0 aromatic carbocycles. The number of hydrogen-bond donors (Lipinski definition) is 2. The van der Waals surface area contributed by atoms with E-state index >= 15 is 0 Å². The van der Waals surface area contributed by atoms with E-state index in [1.165, 1.54) is 6.42 Å². The molecule has 1 fully saturated rings. The first-order valence-electron chi connectivity index (χ1n) is 4.62. The zero-order valence-electron chi connectivity index (χ0n) is 7.89. The molecule has 0 spiro atoms. The summed E-state index contributed by atoms with van der Waals surface area (Å²) in [6.45, 7) is 2.02. The van der Waals surface area contributed by atoms with Gasteiger partial charge in [0.05, 0.1) is 18.8 Å². The average molecular weight is 219 g/mol. The third-order valence-corrected chi connectivity index (χ3v) is 2.36. The van der Waals surface area contributed by atoms with Gasteiger partial charge in [0, 0.05) is 6.54 Å². The molecule has 5 nitrogen and oxygen atoms in total. The summed E-state index contributed by atoms with van der Waals surface area (Å²) >= 11 is 0. The van der Waals surface area contributed by atoms with Gasteiger partial charge in [0.15, 0.2) is 0 Å². The Morgan fingerprint density at radius 1 is 1.64 bits per heavy atom. The van der Waals surface area contributed by atoms with Gasteiger partial charge < -0.3 is 10.4 Å². The number of nitrogens with zero attached hydrogens (tertiary/aromatic N) is 3. The quantitative estimate of drug-likeness (QED) is 0.740. The van der Waals surface area contributed by atoms with E-state index < -0.39 is 0 Å². The highest BCUT2D eigenvalue weighted by atomic mass is 35.5. The second-order valence-electron chi connectivity index (χ2n) is 3.35. The van der Waals surface area contributed by atoms with Crippen molar-refractivity contribution < 1.29 is 5.11 Å². The van der Waals surface area contributed by atoms with Crippen LogP contribution in [0.3, 0.4) is 0 Å². The Hall–Kier alpha value is -0.650. The van der Waals surface area contributed by atoms with Crippen molar-refractivity contribution in [3.8, 4) is 0 Å². The van der Waals surface area contributed by atoms with Crippen LogP contribution in [0.2, 0.25) is 0 Å². The monoisotopic (exact) mass is 218 g/mol. The third-order valence-electron chi connectivity index (χ3n) is 2.36. The Kier molecular flexibility index (Phi) is 4.31. The second kappa shape index (κ2) is 5.29. The van der Waals surface area contributed by atoms with Crippen molar-refractivity contribution in [1.29, 1.82) is 0 Å². The minimum Gasteiger partial charge on any atom is -0.390 e. The maximum atomic E-state index is 8.82. The van der Waals surface area contributed by atoms with E-state index in [1.807, 2.05) is 10.9 Å². The molecule has 0 amide bonds. The molecule has 6 heteroatoms. The fourth-order valence-electron chi connectivity index (χ4n) is 1.62. The molecular formula is C8H15ClN4O. The SMILES string of the molecule is Cl.OCc1cn(C2CCCNC2)nn1. The summed E-state index contributed by atoms with van der Waals surface area (Å²) in [6.07, 6.45) is 4.14. The number of aromatic nitrogens is 3. The van der Waals surface area contributed by atoms with E-state index in [4.69, 9.17) is 5.11 Å². The van der Waals surface area contributed by atoms with Crippen LogP contribution in [-0.2, 0) is 6.61 Å². The molecule has 1 saturated heterocycles. The second-order valence-corrected chi connectivity index (χ2v) is 3.35. The van der Waals surface area contributed by atoms with Crippen LogP contribution in [0.25, 0.3) is 0 Å². The largest absolute Gasteiger partial charge is 0.390 e. The number of piperidine rings is 1. The first kappa shape index (κ1) is 11.4. The third kappa shape index (κ3) is 2.43. The Balaban J connectivity index is 0.000000980. The lowest BCUT2D eigenvalue weighted by Crippen LogP contribution is -2.31. The highest BCUT2D eigenvalue weighted by Crippen LogP contribution is 2.14. The summed E-state index contributed by atoms with van der Waals surface area (Å²) in [7, 11) is 0. The van der Waals surface area contributed by atoms with Crippen LogP contribution in [0.15, 0.2) is 6.20 Å². The molecular weight excluding hydrogens is 204 g/mol. The number of rotatable bonds is 2. The zero-order valence-corrected chi connectivity index (χ0v) is 8.70. The maximum Gasteiger partial charge on any atom is 0.108 e. The molecule has 1 aromatic rings. The zero-order chi connectivity index (χ0) is 9.10. The fraction of sp³-hybridized carbons (Fsp3) is 0.750. The van der Waals surface area contributed by atoms with E-state index in [0.717, 1.165) is 19.5 Å². The molecule has 1 aliphatic rings. The summed E-state index contributed by atoms with van der Waals surface area (Å²) < 4.78 is 1.84. The van der Waals surface area contributed by atoms with Crippen LogP contribution in [0.1, 0.15) is 24.6 Å². The number of nitrogens with one attached hydrogen (secondary N) is 1. The van der Waals surface area contributed by atoms with Crippen LogP contribution in [0.4, 0.5) is 0 Å². The fourth-order valence-corrected chi connectivity index (χ4v) is 1.62. The molecule has 0 saturated carbocycles. The lowest BCUT2D eigenvalue weighted by atomic mass is 10.1. The number of aliphatic hydroxyl groups excluding tert-OH is 1. The van der Waals surface area contributed by atoms with Gasteiger partial charge in [-0.15, -0.1) is 17.5 Å². The maximum absolute atomic E-state index is 8.82. The Morgan fingerprint density at radius 3 is 3.07 bits per heavy atom. The lowest BCUT2D eigenvalue weighted by molar-refractivity contribution is 0.276. The molecule has 0 bridgehead atoms. The van der Waals surface area contributed by atoms with Gasteiger partial charge in [-0.2, -0.15) is 0 Å². The number of halogens is 1. The molecule has 1 aromatic heterocycles. The molecule has 80 valence electrons. The molecule has 2 rings (SSSR count). The van der Waals surface area contributed by atoms with E-state index in [2.05, 4.69) is 15.6 Å². The average Bonchev–Trinajstić information content (AvgIpc) is 2.67. The van der Waals surface area contributed by atoms with Crippen molar-refractivity contribution in [3.63, 3.8) is 0 Å². The van der Waals surface area contributed by atoms with Gasteiger partial charge in [0.2, 0.25) is 0 Å². The van der Waals surface area contributed by atoms with Gasteiger partial charge in [-0.1, -0.05) is 5.21 Å². The van der Waals surface area contributed by atoms with Gasteiger partial charge in [0.25, 0.3) is 0 Å².